The fourth-order valence-electron chi connectivity index (χ4n) is 1.31. The Bertz CT molecular complexity index is 284. The molecule has 0 aliphatic carbocycles. The molecule has 15 heavy (non-hydrogen) atoms. The molecule has 1 heterocycles. The summed E-state index contributed by atoms with van der Waals surface area (Å²) < 4.78 is 0. The first kappa shape index (κ1) is 14.0. The smallest absolute Gasteiger partial charge is 0.152 e. The van der Waals surface area contributed by atoms with Crippen LogP contribution in [0.1, 0.15) is 51.8 Å². The van der Waals surface area contributed by atoms with Crippen LogP contribution in [0.25, 0.3) is 0 Å². The van der Waals surface area contributed by atoms with Crippen LogP contribution in [0, 0.1) is 6.92 Å². The van der Waals surface area contributed by atoms with Gasteiger partial charge >= 0.3 is 0 Å². The Hall–Kier alpha value is -1.02. The van der Waals surface area contributed by atoms with E-state index in [2.05, 4.69) is 31.5 Å². The van der Waals surface area contributed by atoms with Gasteiger partial charge in [0, 0.05) is 5.56 Å². The van der Waals surface area contributed by atoms with E-state index in [-0.39, 0.29) is 0 Å². The van der Waals surface area contributed by atoms with Crippen molar-refractivity contribution in [2.24, 2.45) is 0 Å². The summed E-state index contributed by atoms with van der Waals surface area (Å²) in [4.78, 5) is 5.22. The normalized spacial score (nSPS) is 16.3. The summed E-state index contributed by atoms with van der Waals surface area (Å²) in [7, 11) is 0. The fourth-order valence-corrected chi connectivity index (χ4v) is 1.31. The number of nitrogens with one attached hydrogen (secondary N) is 1. The number of hydrogen-bond donors (Lipinski definition) is 1. The van der Waals surface area contributed by atoms with Gasteiger partial charge in [0.15, 0.2) is 5.75 Å². The molecule has 0 radical (unpaired) electrons. The van der Waals surface area contributed by atoms with Crippen LogP contribution in [-0.4, -0.2) is 0 Å². The third-order valence-corrected chi connectivity index (χ3v) is 1.98. The van der Waals surface area contributed by atoms with Crippen molar-refractivity contribution < 1.29 is 4.84 Å². The van der Waals surface area contributed by atoms with Gasteiger partial charge in [-0.25, -0.2) is 0 Å². The van der Waals surface area contributed by atoms with Crippen molar-refractivity contribution in [2.45, 2.75) is 47.6 Å². The van der Waals surface area contributed by atoms with Crippen LogP contribution in [-0.2, 0) is 0 Å². The van der Waals surface area contributed by atoms with Crippen LogP contribution in [0.2, 0.25) is 0 Å². The molecule has 0 amide bonds. The first-order chi connectivity index (χ1) is 7.27. The highest BCUT2D eigenvalue weighted by Crippen LogP contribution is 2.30. The zero-order valence-electron chi connectivity index (χ0n) is 10.7. The van der Waals surface area contributed by atoms with Crippen LogP contribution >= 0.6 is 0 Å². The molecule has 1 aliphatic rings. The molecule has 1 aliphatic heterocycles. The van der Waals surface area contributed by atoms with Gasteiger partial charge in [-0.3, -0.25) is 0 Å². The molecule has 1 N–H and O–H groups in total. The topological polar surface area (TPSA) is 21.3 Å². The van der Waals surface area contributed by atoms with Crippen molar-refractivity contribution in [3.8, 4) is 5.75 Å². The minimum atomic E-state index is 0.324. The van der Waals surface area contributed by atoms with E-state index in [1.165, 1.54) is 11.1 Å². The van der Waals surface area contributed by atoms with E-state index in [1.807, 2.05) is 33.8 Å². The number of fused-ring (bicyclic) bond motifs is 1. The summed E-state index contributed by atoms with van der Waals surface area (Å²) in [6, 6.07) is 6.53. The lowest BCUT2D eigenvalue weighted by molar-refractivity contribution is 0.200. The lowest BCUT2D eigenvalue weighted by atomic mass is 10.1. The number of aryl methyl sites for hydroxylation is 1. The lowest BCUT2D eigenvalue weighted by Gasteiger charge is -1.99. The van der Waals surface area contributed by atoms with Gasteiger partial charge in [0.25, 0.3) is 0 Å². The Labute approximate surface area is 93.6 Å². The molecule has 1 atom stereocenters. The summed E-state index contributed by atoms with van der Waals surface area (Å²) >= 11 is 0. The van der Waals surface area contributed by atoms with Gasteiger partial charge in [-0.2, -0.15) is 0 Å². The summed E-state index contributed by atoms with van der Waals surface area (Å²) in [6.45, 7) is 12.2. The average molecular weight is 209 g/mol. The first-order valence-electron chi connectivity index (χ1n) is 5.80. The van der Waals surface area contributed by atoms with Crippen molar-refractivity contribution >= 4 is 0 Å². The molecule has 86 valence electrons. The molecule has 0 saturated heterocycles. The predicted molar refractivity (Wildman–Crippen MR) is 66.1 cm³/mol. The summed E-state index contributed by atoms with van der Waals surface area (Å²) in [6.07, 6.45) is 0. The lowest BCUT2D eigenvalue weighted by Crippen LogP contribution is -2.12. The molecule has 0 saturated carbocycles. The van der Waals surface area contributed by atoms with E-state index in [0.717, 1.165) is 5.75 Å². The minimum absolute atomic E-state index is 0.324. The molecule has 1 unspecified atom stereocenters. The second kappa shape index (κ2) is 7.30. The van der Waals surface area contributed by atoms with E-state index in [9.17, 15) is 0 Å². The molecule has 1 aromatic carbocycles. The van der Waals surface area contributed by atoms with Crippen LogP contribution in [0.4, 0.5) is 0 Å². The monoisotopic (exact) mass is 209 g/mol. The van der Waals surface area contributed by atoms with Crippen molar-refractivity contribution in [1.82, 2.24) is 5.48 Å². The average Bonchev–Trinajstić information content (AvgIpc) is 2.66. The number of hydrogen-bond acceptors (Lipinski definition) is 2. The first-order valence-corrected chi connectivity index (χ1v) is 5.80. The maximum Gasteiger partial charge on any atom is 0.152 e. The highest BCUT2D eigenvalue weighted by atomic mass is 16.7. The number of benzene rings is 1. The molecule has 0 fully saturated rings. The third kappa shape index (κ3) is 3.56. The van der Waals surface area contributed by atoms with E-state index in [0.29, 0.717) is 6.04 Å². The maximum absolute atomic E-state index is 5.22. The van der Waals surface area contributed by atoms with Crippen LogP contribution < -0.4 is 10.3 Å². The molecular weight excluding hydrogens is 186 g/mol. The Kier molecular flexibility index (Phi) is 6.80. The summed E-state index contributed by atoms with van der Waals surface area (Å²) in [5.41, 5.74) is 5.45. The Balaban J connectivity index is 0.000000442. The van der Waals surface area contributed by atoms with Crippen molar-refractivity contribution in [3.05, 3.63) is 29.3 Å². The van der Waals surface area contributed by atoms with Crippen molar-refractivity contribution in [3.63, 3.8) is 0 Å². The van der Waals surface area contributed by atoms with Gasteiger partial charge in [0.1, 0.15) is 0 Å². The second-order valence-corrected chi connectivity index (χ2v) is 2.98. The van der Waals surface area contributed by atoms with Gasteiger partial charge in [0.2, 0.25) is 0 Å². The molecule has 0 bridgehead atoms. The molecule has 2 heteroatoms. The molecule has 2 nitrogen and oxygen atoms in total. The SMILES string of the molecule is CC.CC.Cc1ccc2c(c1)C(C)NO2. The maximum atomic E-state index is 5.22. The minimum Gasteiger partial charge on any atom is -0.408 e. The fraction of sp³-hybridized carbons (Fsp3) is 0.538. The van der Waals surface area contributed by atoms with E-state index >= 15 is 0 Å². The van der Waals surface area contributed by atoms with Crippen molar-refractivity contribution in [2.75, 3.05) is 0 Å². The van der Waals surface area contributed by atoms with Gasteiger partial charge < -0.3 is 4.84 Å². The van der Waals surface area contributed by atoms with Gasteiger partial charge in [-0.1, -0.05) is 45.4 Å². The van der Waals surface area contributed by atoms with Crippen LogP contribution in [0.3, 0.4) is 0 Å². The number of rotatable bonds is 0. The Morgan fingerprint density at radius 1 is 1.13 bits per heavy atom. The zero-order chi connectivity index (χ0) is 11.8. The zero-order valence-corrected chi connectivity index (χ0v) is 10.7. The highest BCUT2D eigenvalue weighted by molar-refractivity contribution is 5.40. The molecular formula is C13H23NO. The van der Waals surface area contributed by atoms with Crippen LogP contribution in [0.15, 0.2) is 18.2 Å². The number of hydroxylamine groups is 1. The van der Waals surface area contributed by atoms with E-state index in [1.54, 1.807) is 0 Å². The summed E-state index contributed by atoms with van der Waals surface area (Å²) in [5.74, 6) is 0.961. The standard InChI is InChI=1S/C9H11NO.2C2H6/c1-6-3-4-9-8(5-6)7(2)10-11-9;2*1-2/h3-5,7,10H,1-2H3;2*1-2H3. The highest BCUT2D eigenvalue weighted by Gasteiger charge is 2.18. The molecule has 0 aromatic heterocycles. The van der Waals surface area contributed by atoms with Crippen LogP contribution in [0.5, 0.6) is 5.75 Å². The van der Waals surface area contributed by atoms with Gasteiger partial charge in [-0.15, -0.1) is 5.48 Å². The predicted octanol–water partition coefficient (Wildman–Crippen LogP) is 4.01. The molecule has 1 aromatic rings. The van der Waals surface area contributed by atoms with E-state index in [4.69, 9.17) is 4.84 Å². The second-order valence-electron chi connectivity index (χ2n) is 2.98. The Morgan fingerprint density at radius 2 is 1.73 bits per heavy atom. The van der Waals surface area contributed by atoms with E-state index < -0.39 is 0 Å². The third-order valence-electron chi connectivity index (χ3n) is 1.98. The van der Waals surface area contributed by atoms with Gasteiger partial charge in [0.05, 0.1) is 6.04 Å². The van der Waals surface area contributed by atoms with Gasteiger partial charge in [-0.05, 0) is 19.9 Å². The molecule has 2 rings (SSSR count). The summed E-state index contributed by atoms with van der Waals surface area (Å²) in [5, 5.41) is 0. The van der Waals surface area contributed by atoms with Crippen molar-refractivity contribution in [1.29, 1.82) is 0 Å². The quantitative estimate of drug-likeness (QED) is 0.697. The molecule has 0 spiro atoms. The Morgan fingerprint density at radius 3 is 2.33 bits per heavy atom. The largest absolute Gasteiger partial charge is 0.408 e.